The van der Waals surface area contributed by atoms with Crippen molar-refractivity contribution in [1.82, 2.24) is 15.3 Å². The third-order valence-electron chi connectivity index (χ3n) is 3.25. The Bertz CT molecular complexity index is 468. The van der Waals surface area contributed by atoms with Crippen molar-refractivity contribution in [2.24, 2.45) is 0 Å². The van der Waals surface area contributed by atoms with Crippen LogP contribution in [0.4, 0.5) is 11.8 Å². The van der Waals surface area contributed by atoms with Crippen LogP contribution in [0.2, 0.25) is 0 Å². The Kier molecular flexibility index (Phi) is 5.74. The van der Waals surface area contributed by atoms with Crippen molar-refractivity contribution in [3.63, 3.8) is 0 Å². The molecule has 1 unspecified atom stereocenters. The van der Waals surface area contributed by atoms with Gasteiger partial charge in [-0.15, -0.1) is 0 Å². The largest absolute Gasteiger partial charge is 0.377 e. The van der Waals surface area contributed by atoms with Crippen molar-refractivity contribution in [3.8, 4) is 0 Å². The van der Waals surface area contributed by atoms with E-state index in [9.17, 15) is 4.79 Å². The molecule has 2 heterocycles. The highest BCUT2D eigenvalue weighted by Gasteiger charge is 2.30. The second-order valence-electron chi connectivity index (χ2n) is 4.84. The number of carbonyl (C=O) groups excluding carboxylic acids is 1. The molecule has 7 nitrogen and oxygen atoms in total. The van der Waals surface area contributed by atoms with Crippen LogP contribution in [-0.4, -0.2) is 54.8 Å². The van der Waals surface area contributed by atoms with Gasteiger partial charge in [0.2, 0.25) is 11.9 Å². The predicted molar refractivity (Wildman–Crippen MR) is 81.4 cm³/mol. The zero-order chi connectivity index (χ0) is 15.1. The van der Waals surface area contributed by atoms with Gasteiger partial charge in [-0.2, -0.15) is 4.98 Å². The Balaban J connectivity index is 2.14. The van der Waals surface area contributed by atoms with Gasteiger partial charge in [-0.3, -0.25) is 4.79 Å². The van der Waals surface area contributed by atoms with Gasteiger partial charge in [0.25, 0.3) is 0 Å². The second-order valence-corrected chi connectivity index (χ2v) is 4.84. The monoisotopic (exact) mass is 293 g/mol. The van der Waals surface area contributed by atoms with E-state index in [2.05, 4.69) is 20.6 Å². The molecule has 7 heteroatoms. The van der Waals surface area contributed by atoms with Crippen LogP contribution in [0.25, 0.3) is 0 Å². The molecule has 0 bridgehead atoms. The zero-order valence-corrected chi connectivity index (χ0v) is 12.6. The van der Waals surface area contributed by atoms with Crippen molar-refractivity contribution in [2.45, 2.75) is 26.3 Å². The van der Waals surface area contributed by atoms with Gasteiger partial charge in [0.15, 0.2) is 0 Å². The normalized spacial score (nSPS) is 18.4. The fourth-order valence-corrected chi connectivity index (χ4v) is 2.21. The number of hydrogen-bond acceptors (Lipinski definition) is 6. The first kappa shape index (κ1) is 15.5. The molecule has 21 heavy (non-hydrogen) atoms. The maximum Gasteiger partial charge on any atom is 0.245 e. The molecule has 116 valence electrons. The van der Waals surface area contributed by atoms with E-state index in [4.69, 9.17) is 4.74 Å². The van der Waals surface area contributed by atoms with Crippen LogP contribution in [0, 0.1) is 0 Å². The van der Waals surface area contributed by atoms with Crippen LogP contribution in [0.15, 0.2) is 12.3 Å². The average molecular weight is 293 g/mol. The summed E-state index contributed by atoms with van der Waals surface area (Å²) in [4.78, 5) is 22.9. The van der Waals surface area contributed by atoms with Crippen molar-refractivity contribution in [3.05, 3.63) is 12.3 Å². The highest BCUT2D eigenvalue weighted by Crippen LogP contribution is 2.18. The number of carbonyl (C=O) groups is 1. The van der Waals surface area contributed by atoms with Gasteiger partial charge in [0.05, 0.1) is 13.2 Å². The van der Waals surface area contributed by atoms with Crippen LogP contribution in [0.1, 0.15) is 20.3 Å². The van der Waals surface area contributed by atoms with Gasteiger partial charge >= 0.3 is 0 Å². The Morgan fingerprint density at radius 2 is 2.38 bits per heavy atom. The van der Waals surface area contributed by atoms with Crippen LogP contribution in [0.3, 0.4) is 0 Å². The molecule has 1 aliphatic heterocycles. The number of amides is 1. The molecule has 1 aromatic heterocycles. The number of anilines is 2. The highest BCUT2D eigenvalue weighted by molar-refractivity contribution is 5.85. The summed E-state index contributed by atoms with van der Waals surface area (Å²) >= 11 is 0. The summed E-state index contributed by atoms with van der Waals surface area (Å²) in [6.45, 7) is 7.08. The predicted octanol–water partition coefficient (Wildman–Crippen LogP) is 0.640. The summed E-state index contributed by atoms with van der Waals surface area (Å²) in [5, 5.41) is 6.01. The van der Waals surface area contributed by atoms with Crippen LogP contribution in [-0.2, 0) is 9.53 Å². The maximum absolute atomic E-state index is 12.3. The minimum absolute atomic E-state index is 0.0137. The maximum atomic E-state index is 12.3. The molecule has 0 spiro atoms. The first-order valence-corrected chi connectivity index (χ1v) is 7.45. The van der Waals surface area contributed by atoms with Gasteiger partial charge in [-0.1, -0.05) is 6.92 Å². The number of rotatable bonds is 6. The number of hydrogen-bond donors (Lipinski definition) is 2. The van der Waals surface area contributed by atoms with Gasteiger partial charge in [0, 0.05) is 25.8 Å². The van der Waals surface area contributed by atoms with E-state index in [0.29, 0.717) is 32.3 Å². The quantitative estimate of drug-likeness (QED) is 0.801. The molecule has 0 radical (unpaired) electrons. The fourth-order valence-electron chi connectivity index (χ4n) is 2.21. The van der Waals surface area contributed by atoms with Crippen LogP contribution in [0.5, 0.6) is 0 Å². The van der Waals surface area contributed by atoms with E-state index in [-0.39, 0.29) is 11.9 Å². The Labute approximate surface area is 125 Å². The SMILES string of the molecule is CCCNC(=O)C1COCCN1c1ccnc(NCC)n1. The van der Waals surface area contributed by atoms with Crippen molar-refractivity contribution in [1.29, 1.82) is 0 Å². The number of nitrogens with zero attached hydrogens (tertiary/aromatic N) is 3. The van der Waals surface area contributed by atoms with Gasteiger partial charge in [0.1, 0.15) is 11.9 Å². The molecule has 1 fully saturated rings. The lowest BCUT2D eigenvalue weighted by Crippen LogP contribution is -2.54. The Hall–Kier alpha value is -1.89. The molecule has 2 N–H and O–H groups in total. The van der Waals surface area contributed by atoms with E-state index >= 15 is 0 Å². The lowest BCUT2D eigenvalue weighted by molar-refractivity contribution is -0.124. The molecule has 0 saturated carbocycles. The molecule has 0 aromatic carbocycles. The standard InChI is InChI=1S/C14H23N5O2/c1-3-6-16-13(20)11-10-21-9-8-19(11)12-5-7-17-14(18-12)15-4-2/h5,7,11H,3-4,6,8-10H2,1-2H3,(H,16,20)(H,15,17,18). The summed E-state index contributed by atoms with van der Waals surface area (Å²) in [5.74, 6) is 1.32. The Morgan fingerprint density at radius 1 is 1.52 bits per heavy atom. The zero-order valence-electron chi connectivity index (χ0n) is 12.6. The minimum Gasteiger partial charge on any atom is -0.377 e. The molecule has 0 aliphatic carbocycles. The molecule has 1 aliphatic rings. The third kappa shape index (κ3) is 4.04. The summed E-state index contributed by atoms with van der Waals surface area (Å²) in [6, 6.07) is 1.49. The lowest BCUT2D eigenvalue weighted by atomic mass is 10.2. The van der Waals surface area contributed by atoms with Gasteiger partial charge < -0.3 is 20.3 Å². The van der Waals surface area contributed by atoms with Crippen LogP contribution >= 0.6 is 0 Å². The van der Waals surface area contributed by atoms with Crippen LogP contribution < -0.4 is 15.5 Å². The first-order valence-electron chi connectivity index (χ1n) is 7.45. The molecule has 2 rings (SSSR count). The Morgan fingerprint density at radius 3 is 3.14 bits per heavy atom. The lowest BCUT2D eigenvalue weighted by Gasteiger charge is -2.35. The summed E-state index contributed by atoms with van der Waals surface area (Å²) in [7, 11) is 0. The summed E-state index contributed by atoms with van der Waals surface area (Å²) in [6.07, 6.45) is 2.62. The molecule has 1 atom stereocenters. The van der Waals surface area contributed by atoms with Crippen molar-refractivity contribution >= 4 is 17.7 Å². The number of nitrogens with one attached hydrogen (secondary N) is 2. The van der Waals surface area contributed by atoms with Crippen molar-refractivity contribution < 1.29 is 9.53 Å². The molecule has 1 saturated heterocycles. The number of morpholine rings is 1. The van der Waals surface area contributed by atoms with Gasteiger partial charge in [-0.25, -0.2) is 4.98 Å². The number of ether oxygens (including phenoxy) is 1. The van der Waals surface area contributed by atoms with Gasteiger partial charge in [-0.05, 0) is 19.4 Å². The summed E-state index contributed by atoms with van der Waals surface area (Å²) < 4.78 is 5.45. The smallest absolute Gasteiger partial charge is 0.245 e. The molecular weight excluding hydrogens is 270 g/mol. The van der Waals surface area contributed by atoms with E-state index < -0.39 is 0 Å². The molecule has 1 aromatic rings. The second kappa shape index (κ2) is 7.78. The number of aromatic nitrogens is 2. The minimum atomic E-state index is -0.338. The van der Waals surface area contributed by atoms with E-state index in [1.165, 1.54) is 0 Å². The topological polar surface area (TPSA) is 79.4 Å². The molecule has 1 amide bonds. The summed E-state index contributed by atoms with van der Waals surface area (Å²) in [5.41, 5.74) is 0. The molecular formula is C14H23N5O2. The highest BCUT2D eigenvalue weighted by atomic mass is 16.5. The fraction of sp³-hybridized carbons (Fsp3) is 0.643. The van der Waals surface area contributed by atoms with E-state index in [1.807, 2.05) is 24.8 Å². The average Bonchev–Trinajstić information content (AvgIpc) is 2.53. The van der Waals surface area contributed by atoms with Crippen molar-refractivity contribution in [2.75, 3.05) is 43.1 Å². The first-order chi connectivity index (χ1) is 10.3. The van der Waals surface area contributed by atoms with E-state index in [0.717, 1.165) is 18.8 Å². The third-order valence-corrected chi connectivity index (χ3v) is 3.25. The van der Waals surface area contributed by atoms with E-state index in [1.54, 1.807) is 6.20 Å².